The summed E-state index contributed by atoms with van der Waals surface area (Å²) in [5.74, 6) is -0.771. The number of hydrogen-bond donors (Lipinski definition) is 3. The van der Waals surface area contributed by atoms with Crippen molar-refractivity contribution in [2.45, 2.75) is 33.7 Å². The second-order valence-corrected chi connectivity index (χ2v) is 4.70. The highest BCUT2D eigenvalue weighted by molar-refractivity contribution is 5.89. The summed E-state index contributed by atoms with van der Waals surface area (Å²) in [4.78, 5) is 33.1. The van der Waals surface area contributed by atoms with Crippen LogP contribution in [0.25, 0.3) is 0 Å². The van der Waals surface area contributed by atoms with E-state index in [9.17, 15) is 14.4 Å². The van der Waals surface area contributed by atoms with Crippen molar-refractivity contribution in [2.24, 2.45) is 11.1 Å². The van der Waals surface area contributed by atoms with Crippen molar-refractivity contribution in [1.82, 2.24) is 10.6 Å². The number of hydrogen-bond acceptors (Lipinski definition) is 3. The molecule has 0 rings (SSSR count). The zero-order chi connectivity index (χ0) is 12.9. The van der Waals surface area contributed by atoms with Gasteiger partial charge < -0.3 is 16.4 Å². The molecule has 0 aliphatic carbocycles. The number of primary amides is 1. The molecule has 92 valence electrons. The van der Waals surface area contributed by atoms with E-state index < -0.39 is 18.0 Å². The van der Waals surface area contributed by atoms with Gasteiger partial charge in [-0.1, -0.05) is 20.8 Å². The molecule has 3 amide bonds. The van der Waals surface area contributed by atoms with Gasteiger partial charge in [-0.2, -0.15) is 0 Å². The lowest BCUT2D eigenvalue weighted by Crippen LogP contribution is -2.52. The van der Waals surface area contributed by atoms with Gasteiger partial charge in [-0.05, 0) is 12.3 Å². The normalized spacial score (nSPS) is 12.8. The molecule has 1 atom stereocenters. The Morgan fingerprint density at radius 1 is 1.25 bits per heavy atom. The largest absolute Gasteiger partial charge is 0.368 e. The highest BCUT2D eigenvalue weighted by atomic mass is 16.2. The van der Waals surface area contributed by atoms with E-state index >= 15 is 0 Å². The van der Waals surface area contributed by atoms with Crippen LogP contribution < -0.4 is 16.4 Å². The zero-order valence-corrected chi connectivity index (χ0v) is 10.1. The smallest absolute Gasteiger partial charge is 0.315 e. The minimum absolute atomic E-state index is 0.137. The predicted octanol–water partition coefficient (Wildman–Crippen LogP) is -0.225. The molecule has 0 aromatic carbocycles. The molecule has 0 saturated carbocycles. The van der Waals surface area contributed by atoms with Gasteiger partial charge in [0.15, 0.2) is 5.78 Å². The van der Waals surface area contributed by atoms with Gasteiger partial charge in [0.2, 0.25) is 5.91 Å². The van der Waals surface area contributed by atoms with Crippen LogP contribution in [0.2, 0.25) is 0 Å². The molecule has 0 spiro atoms. The number of nitrogens with one attached hydrogen (secondary N) is 2. The Bertz CT molecular complexity index is 294. The van der Waals surface area contributed by atoms with Crippen LogP contribution >= 0.6 is 0 Å². The molecule has 1 unspecified atom stereocenters. The molecule has 0 bridgehead atoms. The maximum atomic E-state index is 11.3. The minimum Gasteiger partial charge on any atom is -0.368 e. The third kappa shape index (κ3) is 5.33. The minimum atomic E-state index is -0.634. The summed E-state index contributed by atoms with van der Waals surface area (Å²) in [5, 5.41) is 4.77. The number of nitrogens with two attached hydrogens (primary N) is 1. The SMILES string of the molecule is CC(=O)C(NC(=O)NCC(N)=O)C(C)(C)C. The molecule has 0 aromatic rings. The second-order valence-electron chi connectivity index (χ2n) is 4.70. The first-order chi connectivity index (χ1) is 7.14. The average molecular weight is 229 g/mol. The number of carbonyl (C=O) groups excluding carboxylic acids is 3. The topological polar surface area (TPSA) is 101 Å². The van der Waals surface area contributed by atoms with Crippen LogP contribution in [-0.4, -0.2) is 30.3 Å². The number of urea groups is 1. The Morgan fingerprint density at radius 3 is 2.06 bits per heavy atom. The molecular weight excluding hydrogens is 210 g/mol. The quantitative estimate of drug-likeness (QED) is 0.620. The van der Waals surface area contributed by atoms with E-state index in [0.29, 0.717) is 0 Å². The maximum Gasteiger partial charge on any atom is 0.315 e. The van der Waals surface area contributed by atoms with E-state index in [1.165, 1.54) is 6.92 Å². The van der Waals surface area contributed by atoms with E-state index in [-0.39, 0.29) is 17.7 Å². The molecule has 0 aliphatic heterocycles. The highest BCUT2D eigenvalue weighted by Crippen LogP contribution is 2.19. The molecule has 6 nitrogen and oxygen atoms in total. The van der Waals surface area contributed by atoms with Crippen LogP contribution in [-0.2, 0) is 9.59 Å². The second kappa shape index (κ2) is 5.48. The third-order valence-electron chi connectivity index (χ3n) is 1.97. The summed E-state index contributed by atoms with van der Waals surface area (Å²) in [6.07, 6.45) is 0. The lowest BCUT2D eigenvalue weighted by molar-refractivity contribution is -0.121. The van der Waals surface area contributed by atoms with E-state index in [1.807, 2.05) is 20.8 Å². The first kappa shape index (κ1) is 14.4. The van der Waals surface area contributed by atoms with Gasteiger partial charge in [0.1, 0.15) is 0 Å². The van der Waals surface area contributed by atoms with Crippen molar-refractivity contribution >= 4 is 17.7 Å². The van der Waals surface area contributed by atoms with E-state index in [2.05, 4.69) is 10.6 Å². The number of amides is 3. The van der Waals surface area contributed by atoms with Crippen LogP contribution in [0.3, 0.4) is 0 Å². The van der Waals surface area contributed by atoms with Crippen molar-refractivity contribution in [3.63, 3.8) is 0 Å². The number of ketones is 1. The van der Waals surface area contributed by atoms with Crippen molar-refractivity contribution in [3.05, 3.63) is 0 Å². The Morgan fingerprint density at radius 2 is 1.75 bits per heavy atom. The summed E-state index contributed by atoms with van der Waals surface area (Å²) >= 11 is 0. The molecule has 0 aromatic heterocycles. The molecule has 0 heterocycles. The van der Waals surface area contributed by atoms with Crippen LogP contribution in [0.5, 0.6) is 0 Å². The molecular formula is C10H19N3O3. The van der Waals surface area contributed by atoms with Gasteiger partial charge in [0.25, 0.3) is 0 Å². The maximum absolute atomic E-state index is 11.3. The van der Waals surface area contributed by atoms with Gasteiger partial charge in [0.05, 0.1) is 12.6 Å². The van der Waals surface area contributed by atoms with Crippen molar-refractivity contribution in [1.29, 1.82) is 0 Å². The number of Topliss-reactive ketones (excluding diaryl/α,β-unsaturated/α-hetero) is 1. The Balaban J connectivity index is 4.37. The van der Waals surface area contributed by atoms with E-state index in [4.69, 9.17) is 5.73 Å². The Labute approximate surface area is 94.9 Å². The van der Waals surface area contributed by atoms with Crippen LogP contribution in [0.15, 0.2) is 0 Å². The van der Waals surface area contributed by atoms with Gasteiger partial charge in [0, 0.05) is 0 Å². The molecule has 6 heteroatoms. The zero-order valence-electron chi connectivity index (χ0n) is 10.1. The summed E-state index contributed by atoms with van der Waals surface area (Å²) in [6, 6.07) is -1.17. The fourth-order valence-corrected chi connectivity index (χ4v) is 1.28. The van der Waals surface area contributed by atoms with Crippen LogP contribution in [0, 0.1) is 5.41 Å². The number of rotatable bonds is 4. The Hall–Kier alpha value is -1.59. The summed E-state index contributed by atoms with van der Waals surface area (Å²) in [6.45, 7) is 6.68. The molecule has 0 fully saturated rings. The molecule has 16 heavy (non-hydrogen) atoms. The number of carbonyl (C=O) groups is 3. The van der Waals surface area contributed by atoms with Crippen LogP contribution in [0.1, 0.15) is 27.7 Å². The lowest BCUT2D eigenvalue weighted by Gasteiger charge is -2.29. The van der Waals surface area contributed by atoms with Crippen molar-refractivity contribution < 1.29 is 14.4 Å². The predicted molar refractivity (Wildman–Crippen MR) is 59.7 cm³/mol. The fraction of sp³-hybridized carbons (Fsp3) is 0.700. The first-order valence-corrected chi connectivity index (χ1v) is 4.97. The summed E-state index contributed by atoms with van der Waals surface area (Å²) in [5.41, 5.74) is 4.49. The van der Waals surface area contributed by atoms with Crippen molar-refractivity contribution in [2.75, 3.05) is 6.54 Å². The summed E-state index contributed by atoms with van der Waals surface area (Å²) < 4.78 is 0. The van der Waals surface area contributed by atoms with Gasteiger partial charge in [-0.25, -0.2) is 4.79 Å². The van der Waals surface area contributed by atoms with E-state index in [1.54, 1.807) is 0 Å². The molecule has 0 aliphatic rings. The van der Waals surface area contributed by atoms with Crippen LogP contribution in [0.4, 0.5) is 4.79 Å². The molecule has 0 saturated heterocycles. The van der Waals surface area contributed by atoms with Crippen molar-refractivity contribution in [3.8, 4) is 0 Å². The lowest BCUT2D eigenvalue weighted by atomic mass is 9.84. The highest BCUT2D eigenvalue weighted by Gasteiger charge is 2.29. The van der Waals surface area contributed by atoms with Gasteiger partial charge in [-0.3, -0.25) is 9.59 Å². The standard InChI is InChI=1S/C10H19N3O3/c1-6(14)8(10(2,3)4)13-9(16)12-5-7(11)15/h8H,5H2,1-4H3,(H2,11,15)(H2,12,13,16). The molecule has 4 N–H and O–H groups in total. The van der Waals surface area contributed by atoms with E-state index in [0.717, 1.165) is 0 Å². The molecule has 0 radical (unpaired) electrons. The fourth-order valence-electron chi connectivity index (χ4n) is 1.28. The Kier molecular flexibility index (Phi) is 4.94. The average Bonchev–Trinajstić information content (AvgIpc) is 2.08. The van der Waals surface area contributed by atoms with Gasteiger partial charge in [-0.15, -0.1) is 0 Å². The monoisotopic (exact) mass is 229 g/mol. The first-order valence-electron chi connectivity index (χ1n) is 4.97. The third-order valence-corrected chi connectivity index (χ3v) is 1.97. The van der Waals surface area contributed by atoms with Gasteiger partial charge >= 0.3 is 6.03 Å². The summed E-state index contributed by atoms with van der Waals surface area (Å²) in [7, 11) is 0.